The van der Waals surface area contributed by atoms with Gasteiger partial charge < -0.3 is 5.32 Å². The Morgan fingerprint density at radius 2 is 1.59 bits per heavy atom. The Morgan fingerprint density at radius 1 is 1.00 bits per heavy atom. The van der Waals surface area contributed by atoms with Crippen molar-refractivity contribution in [1.29, 1.82) is 0 Å². The van der Waals surface area contributed by atoms with Crippen LogP contribution in [0.15, 0.2) is 47.4 Å². The van der Waals surface area contributed by atoms with Crippen LogP contribution in [0.3, 0.4) is 0 Å². The fourth-order valence-electron chi connectivity index (χ4n) is 2.80. The van der Waals surface area contributed by atoms with Gasteiger partial charge in [-0.25, -0.2) is 17.1 Å². The summed E-state index contributed by atoms with van der Waals surface area (Å²) < 4.78 is 39.6. The van der Waals surface area contributed by atoms with Gasteiger partial charge in [0.1, 0.15) is 5.82 Å². The van der Waals surface area contributed by atoms with E-state index in [1.165, 1.54) is 19.7 Å². The van der Waals surface area contributed by atoms with Gasteiger partial charge in [0.25, 0.3) is 5.91 Å². The molecule has 0 aliphatic heterocycles. The Balaban J connectivity index is 2.08. The predicted molar refractivity (Wildman–Crippen MR) is 112 cm³/mol. The van der Waals surface area contributed by atoms with Gasteiger partial charge in [0, 0.05) is 27.2 Å². The molecule has 0 aliphatic rings. The molecule has 2 aromatic rings. The Bertz CT molecular complexity index is 940. The van der Waals surface area contributed by atoms with Crippen molar-refractivity contribution >= 4 is 15.9 Å². The number of nitrogens with one attached hydrogen (secondary N) is 1. The van der Waals surface area contributed by atoms with Gasteiger partial charge in [0.2, 0.25) is 10.0 Å². The minimum atomic E-state index is -3.75. The van der Waals surface area contributed by atoms with Gasteiger partial charge in [-0.1, -0.05) is 38.1 Å². The van der Waals surface area contributed by atoms with Crippen LogP contribution in [-0.4, -0.2) is 50.7 Å². The predicted octanol–water partition coefficient (Wildman–Crippen LogP) is 2.85. The zero-order valence-corrected chi connectivity index (χ0v) is 18.1. The molecule has 1 amide bonds. The molecule has 2 aromatic carbocycles. The second kappa shape index (κ2) is 9.96. The first-order chi connectivity index (χ1) is 13.7. The summed E-state index contributed by atoms with van der Waals surface area (Å²) in [6, 6.07) is 11.1. The van der Waals surface area contributed by atoms with Crippen LogP contribution in [0.4, 0.5) is 4.39 Å². The second-order valence-corrected chi connectivity index (χ2v) is 9.04. The molecule has 158 valence electrons. The highest BCUT2D eigenvalue weighted by molar-refractivity contribution is 7.89. The van der Waals surface area contributed by atoms with Crippen molar-refractivity contribution in [3.05, 3.63) is 65.0 Å². The van der Waals surface area contributed by atoms with Crippen LogP contribution in [0, 0.1) is 5.82 Å². The van der Waals surface area contributed by atoms with E-state index in [4.69, 9.17) is 0 Å². The number of benzene rings is 2. The van der Waals surface area contributed by atoms with Gasteiger partial charge >= 0.3 is 0 Å². The third kappa shape index (κ3) is 5.85. The molecule has 0 bridgehead atoms. The Morgan fingerprint density at radius 3 is 2.14 bits per heavy atom. The molecule has 0 radical (unpaired) electrons. The molecular formula is C21H28FN3O3S. The van der Waals surface area contributed by atoms with Gasteiger partial charge in [-0.2, -0.15) is 0 Å². The Hall–Kier alpha value is -2.29. The first kappa shape index (κ1) is 23.0. The van der Waals surface area contributed by atoms with Gasteiger partial charge in [-0.05, 0) is 42.4 Å². The average molecular weight is 422 g/mol. The highest BCUT2D eigenvalue weighted by Gasteiger charge is 2.21. The molecule has 0 unspecified atom stereocenters. The third-order valence-corrected chi connectivity index (χ3v) is 6.55. The van der Waals surface area contributed by atoms with E-state index in [0.29, 0.717) is 0 Å². The highest BCUT2D eigenvalue weighted by Crippen LogP contribution is 2.18. The topological polar surface area (TPSA) is 69.7 Å². The Kier molecular flexibility index (Phi) is 7.89. The van der Waals surface area contributed by atoms with Crippen molar-refractivity contribution in [1.82, 2.24) is 14.5 Å². The first-order valence-electron chi connectivity index (χ1n) is 9.49. The van der Waals surface area contributed by atoms with E-state index in [9.17, 15) is 17.6 Å². The molecule has 0 saturated heterocycles. The lowest BCUT2D eigenvalue weighted by Gasteiger charge is -2.18. The number of sulfonamides is 1. The van der Waals surface area contributed by atoms with E-state index in [-0.39, 0.29) is 17.0 Å². The summed E-state index contributed by atoms with van der Waals surface area (Å²) in [6.07, 6.45) is 0. The van der Waals surface area contributed by atoms with Gasteiger partial charge in [0.15, 0.2) is 0 Å². The van der Waals surface area contributed by atoms with E-state index >= 15 is 0 Å². The van der Waals surface area contributed by atoms with E-state index in [1.54, 1.807) is 0 Å². The van der Waals surface area contributed by atoms with Crippen LogP contribution in [-0.2, 0) is 23.1 Å². The van der Waals surface area contributed by atoms with E-state index in [0.717, 1.165) is 47.7 Å². The summed E-state index contributed by atoms with van der Waals surface area (Å²) >= 11 is 0. The van der Waals surface area contributed by atoms with E-state index < -0.39 is 21.7 Å². The van der Waals surface area contributed by atoms with Crippen LogP contribution in [0.25, 0.3) is 0 Å². The largest absolute Gasteiger partial charge is 0.348 e. The zero-order valence-electron chi connectivity index (χ0n) is 17.3. The zero-order chi connectivity index (χ0) is 21.6. The lowest BCUT2D eigenvalue weighted by atomic mass is 10.1. The summed E-state index contributed by atoms with van der Waals surface area (Å²) in [5, 5.41) is 2.65. The molecule has 0 saturated carbocycles. The summed E-state index contributed by atoms with van der Waals surface area (Å²) in [7, 11) is -0.999. The number of hydrogen-bond acceptors (Lipinski definition) is 4. The van der Waals surface area contributed by atoms with E-state index in [1.807, 2.05) is 24.3 Å². The minimum absolute atomic E-state index is 0.130. The first-order valence-corrected chi connectivity index (χ1v) is 10.9. The number of hydrogen-bond donors (Lipinski definition) is 1. The fraction of sp³-hybridized carbons (Fsp3) is 0.381. The summed E-state index contributed by atoms with van der Waals surface area (Å²) in [5.41, 5.74) is 1.75. The van der Waals surface area contributed by atoms with Crippen LogP contribution in [0.1, 0.15) is 35.3 Å². The lowest BCUT2D eigenvalue weighted by Crippen LogP contribution is -2.26. The van der Waals surface area contributed by atoms with Crippen LogP contribution < -0.4 is 5.32 Å². The molecule has 0 spiro atoms. The second-order valence-electron chi connectivity index (χ2n) is 6.89. The maximum absolute atomic E-state index is 14.1. The molecule has 29 heavy (non-hydrogen) atoms. The van der Waals surface area contributed by atoms with Crippen LogP contribution in [0.2, 0.25) is 0 Å². The van der Waals surface area contributed by atoms with Gasteiger partial charge in [0.05, 0.1) is 10.5 Å². The average Bonchev–Trinajstić information content (AvgIpc) is 2.71. The van der Waals surface area contributed by atoms with Gasteiger partial charge in [-0.15, -0.1) is 0 Å². The molecule has 0 heterocycles. The van der Waals surface area contributed by atoms with Crippen molar-refractivity contribution in [2.75, 3.05) is 27.2 Å². The standard InChI is InChI=1S/C21H28FN3O3S/c1-5-25(6-2)15-17-9-7-16(8-10-17)14-23-21(26)19-13-18(11-12-20(19)22)29(27,28)24(3)4/h7-13H,5-6,14-15H2,1-4H3,(H,23,26). The van der Waals surface area contributed by atoms with Crippen molar-refractivity contribution in [3.63, 3.8) is 0 Å². The molecule has 0 atom stereocenters. The quantitative estimate of drug-likeness (QED) is 0.676. The van der Waals surface area contributed by atoms with E-state index in [2.05, 4.69) is 24.1 Å². The number of rotatable bonds is 9. The smallest absolute Gasteiger partial charge is 0.254 e. The van der Waals surface area contributed by atoms with Crippen molar-refractivity contribution in [2.45, 2.75) is 31.8 Å². The van der Waals surface area contributed by atoms with Crippen molar-refractivity contribution in [2.24, 2.45) is 0 Å². The number of carbonyl (C=O) groups excluding carboxylic acids is 1. The maximum Gasteiger partial charge on any atom is 0.254 e. The Labute approximate surface area is 172 Å². The molecule has 8 heteroatoms. The van der Waals surface area contributed by atoms with Crippen molar-refractivity contribution in [3.8, 4) is 0 Å². The lowest BCUT2D eigenvalue weighted by molar-refractivity contribution is 0.0946. The van der Waals surface area contributed by atoms with Crippen molar-refractivity contribution < 1.29 is 17.6 Å². The molecule has 2 rings (SSSR count). The number of halogens is 1. The summed E-state index contributed by atoms with van der Waals surface area (Å²) in [6.45, 7) is 7.26. The van der Waals surface area contributed by atoms with Crippen LogP contribution >= 0.6 is 0 Å². The molecule has 0 aromatic heterocycles. The third-order valence-electron chi connectivity index (χ3n) is 4.74. The number of carbonyl (C=O) groups is 1. The number of nitrogens with zero attached hydrogens (tertiary/aromatic N) is 2. The summed E-state index contributed by atoms with van der Waals surface area (Å²) in [5.74, 6) is -1.43. The summed E-state index contributed by atoms with van der Waals surface area (Å²) in [4.78, 5) is 14.6. The maximum atomic E-state index is 14.1. The SMILES string of the molecule is CCN(CC)Cc1ccc(CNC(=O)c2cc(S(=O)(=O)N(C)C)ccc2F)cc1. The molecule has 0 fully saturated rings. The minimum Gasteiger partial charge on any atom is -0.348 e. The fourth-order valence-corrected chi connectivity index (χ4v) is 3.72. The monoisotopic (exact) mass is 421 g/mol. The van der Waals surface area contributed by atoms with Crippen LogP contribution in [0.5, 0.6) is 0 Å². The normalized spacial score (nSPS) is 11.8. The number of amides is 1. The highest BCUT2D eigenvalue weighted by atomic mass is 32.2. The molecular weight excluding hydrogens is 393 g/mol. The molecule has 1 N–H and O–H groups in total. The molecule has 0 aliphatic carbocycles. The molecule has 6 nitrogen and oxygen atoms in total. The van der Waals surface area contributed by atoms with Gasteiger partial charge in [-0.3, -0.25) is 9.69 Å².